The first-order valence-corrected chi connectivity index (χ1v) is 11.4. The third-order valence-corrected chi connectivity index (χ3v) is 6.56. The monoisotopic (exact) mass is 455 g/mol. The molecule has 1 fully saturated rings. The number of amides is 1. The van der Waals surface area contributed by atoms with E-state index in [1.807, 2.05) is 42.5 Å². The van der Waals surface area contributed by atoms with Crippen LogP contribution in [0.3, 0.4) is 0 Å². The summed E-state index contributed by atoms with van der Waals surface area (Å²) in [7, 11) is 0. The number of fused-ring (bicyclic) bond motifs is 1. The second kappa shape index (κ2) is 9.96. The summed E-state index contributed by atoms with van der Waals surface area (Å²) in [6.45, 7) is 0. The van der Waals surface area contributed by atoms with Gasteiger partial charge in [0.05, 0.1) is 11.6 Å². The number of carbonyl (C=O) groups is 1. The zero-order valence-corrected chi connectivity index (χ0v) is 18.3. The number of aliphatic hydroxyl groups is 1. The normalized spacial score (nSPS) is 17.0. The SMILES string of the molecule is O=C(NC(Cc1ccc(C(F)(F)F)cc1)C(O)c1cccc2ccccc12)C1CCCCC1. The molecule has 0 bridgehead atoms. The van der Waals surface area contributed by atoms with Gasteiger partial charge in [0.2, 0.25) is 5.91 Å². The summed E-state index contributed by atoms with van der Waals surface area (Å²) in [5.74, 6) is -0.181. The van der Waals surface area contributed by atoms with Crippen molar-refractivity contribution in [3.8, 4) is 0 Å². The van der Waals surface area contributed by atoms with E-state index in [1.165, 1.54) is 12.1 Å². The van der Waals surface area contributed by atoms with Gasteiger partial charge < -0.3 is 10.4 Å². The first-order valence-electron chi connectivity index (χ1n) is 11.4. The lowest BCUT2D eigenvalue weighted by atomic mass is 9.87. The molecule has 2 atom stereocenters. The van der Waals surface area contributed by atoms with Crippen LogP contribution in [0, 0.1) is 5.92 Å². The van der Waals surface area contributed by atoms with Gasteiger partial charge >= 0.3 is 6.18 Å². The van der Waals surface area contributed by atoms with E-state index in [0.717, 1.165) is 55.0 Å². The molecule has 0 spiro atoms. The van der Waals surface area contributed by atoms with E-state index < -0.39 is 23.9 Å². The molecule has 2 N–H and O–H groups in total. The second-order valence-corrected chi connectivity index (χ2v) is 8.86. The van der Waals surface area contributed by atoms with Crippen molar-refractivity contribution in [2.75, 3.05) is 0 Å². The highest BCUT2D eigenvalue weighted by Crippen LogP contribution is 2.31. The summed E-state index contributed by atoms with van der Waals surface area (Å²) in [6, 6.07) is 17.6. The molecule has 1 saturated carbocycles. The van der Waals surface area contributed by atoms with Gasteiger partial charge in [-0.1, -0.05) is 73.9 Å². The minimum atomic E-state index is -4.41. The van der Waals surface area contributed by atoms with Gasteiger partial charge in [-0.2, -0.15) is 13.2 Å². The van der Waals surface area contributed by atoms with Crippen LogP contribution in [0.1, 0.15) is 54.9 Å². The molecule has 0 radical (unpaired) electrons. The molecule has 33 heavy (non-hydrogen) atoms. The molecular formula is C27H28F3NO2. The van der Waals surface area contributed by atoms with Crippen molar-refractivity contribution in [1.82, 2.24) is 5.32 Å². The average molecular weight is 456 g/mol. The first-order chi connectivity index (χ1) is 15.8. The standard InChI is InChI=1S/C27H28F3NO2/c28-27(29,30)21-15-13-18(14-16-21)17-24(31-26(33)20-8-2-1-3-9-20)25(32)23-12-6-10-19-7-4-5-11-22(19)23/h4-7,10-16,20,24-25,32H,1-3,8-9,17H2,(H,31,33). The highest BCUT2D eigenvalue weighted by atomic mass is 19.4. The van der Waals surface area contributed by atoms with Crippen LogP contribution in [0.25, 0.3) is 10.8 Å². The van der Waals surface area contributed by atoms with Crippen molar-refractivity contribution in [1.29, 1.82) is 0 Å². The Morgan fingerprint density at radius 3 is 2.30 bits per heavy atom. The molecule has 0 aromatic heterocycles. The van der Waals surface area contributed by atoms with E-state index >= 15 is 0 Å². The van der Waals surface area contributed by atoms with Crippen LogP contribution in [0.2, 0.25) is 0 Å². The molecular weight excluding hydrogens is 427 g/mol. The molecule has 1 aliphatic rings. The largest absolute Gasteiger partial charge is 0.416 e. The number of carbonyl (C=O) groups excluding carboxylic acids is 1. The van der Waals surface area contributed by atoms with E-state index in [9.17, 15) is 23.1 Å². The topological polar surface area (TPSA) is 49.3 Å². The average Bonchev–Trinajstić information content (AvgIpc) is 2.83. The summed E-state index contributed by atoms with van der Waals surface area (Å²) in [6.07, 6.45) is -0.410. The van der Waals surface area contributed by atoms with Gasteiger partial charge in [-0.25, -0.2) is 0 Å². The Kier molecular flexibility index (Phi) is 7.03. The van der Waals surface area contributed by atoms with E-state index in [0.29, 0.717) is 11.1 Å². The molecule has 174 valence electrons. The van der Waals surface area contributed by atoms with Gasteiger partial charge in [-0.3, -0.25) is 4.79 Å². The Morgan fingerprint density at radius 2 is 1.61 bits per heavy atom. The Labute approximate surface area is 191 Å². The number of halogens is 3. The maximum Gasteiger partial charge on any atom is 0.416 e. The molecule has 1 amide bonds. The number of aliphatic hydroxyl groups excluding tert-OH is 1. The van der Waals surface area contributed by atoms with E-state index in [4.69, 9.17) is 0 Å². The zero-order valence-electron chi connectivity index (χ0n) is 18.3. The molecule has 1 aliphatic carbocycles. The van der Waals surface area contributed by atoms with Crippen LogP contribution >= 0.6 is 0 Å². The number of alkyl halides is 3. The van der Waals surface area contributed by atoms with Crippen LogP contribution < -0.4 is 5.32 Å². The number of rotatable bonds is 6. The molecule has 0 saturated heterocycles. The van der Waals surface area contributed by atoms with Gasteiger partial charge in [0.25, 0.3) is 0 Å². The number of hydrogen-bond donors (Lipinski definition) is 2. The van der Waals surface area contributed by atoms with Crippen molar-refractivity contribution in [3.05, 3.63) is 83.4 Å². The quantitative estimate of drug-likeness (QED) is 0.465. The molecule has 6 heteroatoms. The maximum atomic E-state index is 13.0. The van der Waals surface area contributed by atoms with Crippen molar-refractivity contribution in [3.63, 3.8) is 0 Å². The fourth-order valence-corrected chi connectivity index (χ4v) is 4.72. The van der Waals surface area contributed by atoms with Gasteiger partial charge in [0.1, 0.15) is 6.10 Å². The van der Waals surface area contributed by atoms with Crippen molar-refractivity contribution in [2.45, 2.75) is 56.8 Å². The van der Waals surface area contributed by atoms with Crippen LogP contribution in [0.15, 0.2) is 66.7 Å². The van der Waals surface area contributed by atoms with E-state index in [2.05, 4.69) is 5.32 Å². The Balaban J connectivity index is 1.62. The Bertz CT molecular complexity index is 1080. The third kappa shape index (κ3) is 5.56. The van der Waals surface area contributed by atoms with Crippen LogP contribution in [-0.4, -0.2) is 17.1 Å². The molecule has 2 unspecified atom stereocenters. The van der Waals surface area contributed by atoms with Crippen LogP contribution in [0.4, 0.5) is 13.2 Å². The summed E-state index contributed by atoms with van der Waals surface area (Å²) in [4.78, 5) is 13.0. The number of hydrogen-bond acceptors (Lipinski definition) is 2. The molecule has 3 aromatic rings. The highest BCUT2D eigenvalue weighted by molar-refractivity contribution is 5.86. The van der Waals surface area contributed by atoms with Crippen LogP contribution in [-0.2, 0) is 17.4 Å². The molecule has 3 nitrogen and oxygen atoms in total. The number of benzene rings is 3. The molecule has 0 aliphatic heterocycles. The summed E-state index contributed by atoms with van der Waals surface area (Å²) >= 11 is 0. The lowest BCUT2D eigenvalue weighted by Crippen LogP contribution is -2.44. The summed E-state index contributed by atoms with van der Waals surface area (Å²) in [5.41, 5.74) is 0.592. The summed E-state index contributed by atoms with van der Waals surface area (Å²) < 4.78 is 38.9. The third-order valence-electron chi connectivity index (χ3n) is 6.56. The van der Waals surface area contributed by atoms with Gasteiger partial charge in [-0.05, 0) is 53.3 Å². The summed E-state index contributed by atoms with van der Waals surface area (Å²) in [5, 5.41) is 16.3. The fraction of sp³-hybridized carbons (Fsp3) is 0.370. The lowest BCUT2D eigenvalue weighted by molar-refractivity contribution is -0.137. The van der Waals surface area contributed by atoms with Crippen molar-refractivity contribution >= 4 is 16.7 Å². The first kappa shape index (κ1) is 23.3. The van der Waals surface area contributed by atoms with Gasteiger partial charge in [0, 0.05) is 5.92 Å². The second-order valence-electron chi connectivity index (χ2n) is 8.86. The maximum absolute atomic E-state index is 13.0. The van der Waals surface area contributed by atoms with E-state index in [1.54, 1.807) is 0 Å². The molecule has 3 aromatic carbocycles. The van der Waals surface area contributed by atoms with Gasteiger partial charge in [0.15, 0.2) is 0 Å². The van der Waals surface area contributed by atoms with Crippen LogP contribution in [0.5, 0.6) is 0 Å². The minimum absolute atomic E-state index is 0.0893. The fourth-order valence-electron chi connectivity index (χ4n) is 4.72. The van der Waals surface area contributed by atoms with Crippen molar-refractivity contribution < 1.29 is 23.1 Å². The van der Waals surface area contributed by atoms with E-state index in [-0.39, 0.29) is 18.2 Å². The van der Waals surface area contributed by atoms with Gasteiger partial charge in [-0.15, -0.1) is 0 Å². The predicted octanol–water partition coefficient (Wildman–Crippen LogP) is 6.20. The smallest absolute Gasteiger partial charge is 0.386 e. The molecule has 4 rings (SSSR count). The van der Waals surface area contributed by atoms with Crippen molar-refractivity contribution in [2.24, 2.45) is 5.92 Å². The number of nitrogens with one attached hydrogen (secondary N) is 1. The zero-order chi connectivity index (χ0) is 23.4. The Hall–Kier alpha value is -2.86. The highest BCUT2D eigenvalue weighted by Gasteiger charge is 2.31. The molecule has 0 heterocycles. The predicted molar refractivity (Wildman–Crippen MR) is 123 cm³/mol. The lowest BCUT2D eigenvalue weighted by Gasteiger charge is -2.29. The Morgan fingerprint density at radius 1 is 0.939 bits per heavy atom. The minimum Gasteiger partial charge on any atom is -0.386 e.